The van der Waals surface area contributed by atoms with E-state index >= 15 is 0 Å². The first-order chi connectivity index (χ1) is 31.0. The van der Waals surface area contributed by atoms with E-state index in [0.717, 1.165) is 57.8 Å². The zero-order valence-electron chi connectivity index (χ0n) is 42.6. The molecule has 0 aromatic carbocycles. The highest BCUT2D eigenvalue weighted by Crippen LogP contribution is 2.17. The first-order valence-corrected chi connectivity index (χ1v) is 28.2. The normalized spacial score (nSPS) is 12.0. The van der Waals surface area contributed by atoms with Crippen LogP contribution in [0, 0.1) is 0 Å². The number of hydrogen-bond donors (Lipinski definition) is 0. The molecule has 0 bridgehead atoms. The van der Waals surface area contributed by atoms with Gasteiger partial charge in [-0.05, 0) is 44.9 Å². The average Bonchev–Trinajstić information content (AvgIpc) is 3.28. The molecule has 0 aromatic heterocycles. The second kappa shape index (κ2) is 52.8. The van der Waals surface area contributed by atoms with E-state index in [2.05, 4.69) is 32.9 Å². The maximum absolute atomic E-state index is 12.8. The fourth-order valence-corrected chi connectivity index (χ4v) is 8.50. The molecular weight excluding hydrogens is 781 g/mol. The van der Waals surface area contributed by atoms with Crippen molar-refractivity contribution in [3.63, 3.8) is 0 Å². The van der Waals surface area contributed by atoms with E-state index < -0.39 is 6.10 Å². The standard InChI is InChI=1S/C57H108O6/c1-4-7-10-13-16-19-21-23-25-27-29-31-33-35-38-41-44-47-50-56(59)62-53-54(52-61-55(58)49-46-43-40-37-18-15-12-9-6-3)63-57(60)51-48-45-42-39-36-34-32-30-28-26-24-22-20-17-14-11-8-5-2/h25,27,54H,4-24,26,28-53H2,1-3H3/b27-25-. The molecule has 63 heavy (non-hydrogen) atoms. The Morgan fingerprint density at radius 3 is 0.794 bits per heavy atom. The highest BCUT2D eigenvalue weighted by molar-refractivity contribution is 5.71. The van der Waals surface area contributed by atoms with Gasteiger partial charge in [0.15, 0.2) is 6.10 Å². The average molecular weight is 889 g/mol. The van der Waals surface area contributed by atoms with Crippen molar-refractivity contribution in [1.82, 2.24) is 0 Å². The highest BCUT2D eigenvalue weighted by Gasteiger charge is 2.19. The van der Waals surface area contributed by atoms with E-state index in [0.29, 0.717) is 19.3 Å². The third-order valence-electron chi connectivity index (χ3n) is 12.8. The Morgan fingerprint density at radius 2 is 0.524 bits per heavy atom. The largest absolute Gasteiger partial charge is 0.462 e. The van der Waals surface area contributed by atoms with Gasteiger partial charge in [-0.15, -0.1) is 0 Å². The van der Waals surface area contributed by atoms with Crippen molar-refractivity contribution in [3.8, 4) is 0 Å². The molecule has 1 atom stereocenters. The van der Waals surface area contributed by atoms with E-state index in [1.807, 2.05) is 0 Å². The molecule has 0 N–H and O–H groups in total. The highest BCUT2D eigenvalue weighted by atomic mass is 16.6. The molecule has 0 aliphatic heterocycles. The molecule has 0 rings (SSSR count). The van der Waals surface area contributed by atoms with Crippen LogP contribution in [0.5, 0.6) is 0 Å². The summed E-state index contributed by atoms with van der Waals surface area (Å²) in [5.41, 5.74) is 0. The lowest BCUT2D eigenvalue weighted by Gasteiger charge is -2.18. The van der Waals surface area contributed by atoms with Crippen molar-refractivity contribution < 1.29 is 28.6 Å². The first kappa shape index (κ1) is 61.1. The summed E-state index contributed by atoms with van der Waals surface area (Å²) in [6.07, 6.45) is 59.2. The number of carbonyl (C=O) groups is 3. The molecule has 0 aliphatic carbocycles. The Labute approximate surface area is 392 Å². The molecule has 372 valence electrons. The second-order valence-corrected chi connectivity index (χ2v) is 19.2. The molecule has 6 nitrogen and oxygen atoms in total. The van der Waals surface area contributed by atoms with Crippen molar-refractivity contribution in [2.24, 2.45) is 0 Å². The van der Waals surface area contributed by atoms with E-state index in [-0.39, 0.29) is 31.1 Å². The predicted molar refractivity (Wildman–Crippen MR) is 270 cm³/mol. The van der Waals surface area contributed by atoms with Crippen LogP contribution >= 0.6 is 0 Å². The number of esters is 3. The van der Waals surface area contributed by atoms with Crippen LogP contribution in [0.15, 0.2) is 12.2 Å². The summed E-state index contributed by atoms with van der Waals surface area (Å²) in [6, 6.07) is 0. The third-order valence-corrected chi connectivity index (χ3v) is 12.8. The Bertz CT molecular complexity index is 978. The summed E-state index contributed by atoms with van der Waals surface area (Å²) >= 11 is 0. The molecule has 1 unspecified atom stereocenters. The van der Waals surface area contributed by atoms with Gasteiger partial charge in [-0.1, -0.05) is 264 Å². The minimum Gasteiger partial charge on any atom is -0.462 e. The van der Waals surface area contributed by atoms with Gasteiger partial charge in [0.2, 0.25) is 0 Å². The first-order valence-electron chi connectivity index (χ1n) is 28.2. The molecule has 0 spiro atoms. The molecule has 0 saturated carbocycles. The maximum Gasteiger partial charge on any atom is 0.306 e. The van der Waals surface area contributed by atoms with Crippen LogP contribution in [0.2, 0.25) is 0 Å². The number of ether oxygens (including phenoxy) is 3. The number of unbranched alkanes of at least 4 members (excludes halogenated alkanes) is 39. The lowest BCUT2D eigenvalue weighted by molar-refractivity contribution is -0.167. The predicted octanol–water partition coefficient (Wildman–Crippen LogP) is 18.5. The topological polar surface area (TPSA) is 78.9 Å². The van der Waals surface area contributed by atoms with Gasteiger partial charge < -0.3 is 14.2 Å². The van der Waals surface area contributed by atoms with E-state index in [1.165, 1.54) is 218 Å². The van der Waals surface area contributed by atoms with Gasteiger partial charge in [0.25, 0.3) is 0 Å². The second-order valence-electron chi connectivity index (χ2n) is 19.2. The van der Waals surface area contributed by atoms with Gasteiger partial charge >= 0.3 is 17.9 Å². The van der Waals surface area contributed by atoms with Crippen LogP contribution in [-0.4, -0.2) is 37.2 Å². The Balaban J connectivity index is 4.24. The van der Waals surface area contributed by atoms with Crippen LogP contribution in [-0.2, 0) is 28.6 Å². The molecule has 0 aromatic rings. The van der Waals surface area contributed by atoms with E-state index in [4.69, 9.17) is 14.2 Å². The third kappa shape index (κ3) is 51.0. The Hall–Kier alpha value is -1.85. The molecule has 0 fully saturated rings. The van der Waals surface area contributed by atoms with Crippen molar-refractivity contribution >= 4 is 17.9 Å². The Morgan fingerprint density at radius 1 is 0.302 bits per heavy atom. The summed E-state index contributed by atoms with van der Waals surface area (Å²) in [5.74, 6) is -0.852. The van der Waals surface area contributed by atoms with Crippen LogP contribution in [0.4, 0.5) is 0 Å². The number of hydrogen-bond acceptors (Lipinski definition) is 6. The van der Waals surface area contributed by atoms with Gasteiger partial charge in [-0.2, -0.15) is 0 Å². The molecule has 0 radical (unpaired) electrons. The van der Waals surface area contributed by atoms with Gasteiger partial charge in [-0.25, -0.2) is 0 Å². The molecule has 0 heterocycles. The lowest BCUT2D eigenvalue weighted by atomic mass is 10.0. The summed E-state index contributed by atoms with van der Waals surface area (Å²) in [6.45, 7) is 6.66. The summed E-state index contributed by atoms with van der Waals surface area (Å²) < 4.78 is 16.8. The van der Waals surface area contributed by atoms with Gasteiger partial charge in [0, 0.05) is 19.3 Å². The Kier molecular flexibility index (Phi) is 51.2. The maximum atomic E-state index is 12.8. The van der Waals surface area contributed by atoms with Gasteiger partial charge in [0.05, 0.1) is 0 Å². The quantitative estimate of drug-likeness (QED) is 0.0262. The fraction of sp³-hybridized carbons (Fsp3) is 0.912. The van der Waals surface area contributed by atoms with Crippen molar-refractivity contribution in [2.45, 2.75) is 322 Å². The van der Waals surface area contributed by atoms with Gasteiger partial charge in [-0.3, -0.25) is 14.4 Å². The summed E-state index contributed by atoms with van der Waals surface area (Å²) in [4.78, 5) is 38.0. The minimum absolute atomic E-state index is 0.0661. The smallest absolute Gasteiger partial charge is 0.306 e. The summed E-state index contributed by atoms with van der Waals surface area (Å²) in [7, 11) is 0. The number of rotatable bonds is 52. The SMILES string of the molecule is CCCCCCCCC/C=C\CCCCCCCCCC(=O)OCC(COC(=O)CCCCCCCCCCC)OC(=O)CCCCCCCCCCCCCCCCCCCC. The fourth-order valence-electron chi connectivity index (χ4n) is 8.50. The van der Waals surface area contributed by atoms with Crippen LogP contribution in [0.1, 0.15) is 316 Å². The van der Waals surface area contributed by atoms with Crippen LogP contribution < -0.4 is 0 Å². The van der Waals surface area contributed by atoms with E-state index in [1.54, 1.807) is 0 Å². The van der Waals surface area contributed by atoms with Crippen molar-refractivity contribution in [3.05, 3.63) is 12.2 Å². The zero-order valence-corrected chi connectivity index (χ0v) is 42.6. The zero-order chi connectivity index (χ0) is 45.8. The molecule has 0 aliphatic rings. The monoisotopic (exact) mass is 889 g/mol. The molecular formula is C57H108O6. The lowest BCUT2D eigenvalue weighted by Crippen LogP contribution is -2.30. The van der Waals surface area contributed by atoms with E-state index in [9.17, 15) is 14.4 Å². The number of carbonyl (C=O) groups excluding carboxylic acids is 3. The summed E-state index contributed by atoms with van der Waals surface area (Å²) in [5, 5.41) is 0. The van der Waals surface area contributed by atoms with Crippen molar-refractivity contribution in [1.29, 1.82) is 0 Å². The van der Waals surface area contributed by atoms with Crippen LogP contribution in [0.3, 0.4) is 0 Å². The minimum atomic E-state index is -0.765. The van der Waals surface area contributed by atoms with Crippen LogP contribution in [0.25, 0.3) is 0 Å². The molecule has 6 heteroatoms. The number of allylic oxidation sites excluding steroid dienone is 2. The van der Waals surface area contributed by atoms with Crippen molar-refractivity contribution in [2.75, 3.05) is 13.2 Å². The molecule has 0 amide bonds. The molecule has 0 saturated heterocycles. The van der Waals surface area contributed by atoms with Gasteiger partial charge in [0.1, 0.15) is 13.2 Å².